The van der Waals surface area contributed by atoms with Gasteiger partial charge in [0.15, 0.2) is 11.0 Å². The molecular formula is C22H26N4O2S. The molecule has 6 nitrogen and oxygen atoms in total. The van der Waals surface area contributed by atoms with Crippen LogP contribution in [0.2, 0.25) is 0 Å². The van der Waals surface area contributed by atoms with Crippen LogP contribution in [-0.2, 0) is 11.3 Å². The summed E-state index contributed by atoms with van der Waals surface area (Å²) in [6.07, 6.45) is 4.50. The molecule has 0 spiro atoms. The second kappa shape index (κ2) is 9.60. The van der Waals surface area contributed by atoms with E-state index in [-0.39, 0.29) is 11.7 Å². The highest BCUT2D eigenvalue weighted by molar-refractivity contribution is 7.99. The minimum atomic E-state index is -0.0829. The lowest BCUT2D eigenvalue weighted by atomic mass is 9.99. The number of aryl methyl sites for hydroxylation is 1. The summed E-state index contributed by atoms with van der Waals surface area (Å²) >= 11 is 1.35. The quantitative estimate of drug-likeness (QED) is 0.384. The number of amides is 1. The van der Waals surface area contributed by atoms with E-state index >= 15 is 0 Å². The van der Waals surface area contributed by atoms with Gasteiger partial charge >= 0.3 is 0 Å². The first kappa shape index (κ1) is 20.9. The van der Waals surface area contributed by atoms with Gasteiger partial charge in [0.05, 0.1) is 17.6 Å². The fourth-order valence-electron chi connectivity index (χ4n) is 2.96. The number of nitrogens with zero attached hydrogens (tertiary/aromatic N) is 3. The number of hydrogen-bond donors (Lipinski definition) is 1. The van der Waals surface area contributed by atoms with E-state index in [4.69, 9.17) is 4.42 Å². The Kier molecular flexibility index (Phi) is 6.93. The van der Waals surface area contributed by atoms with Gasteiger partial charge in [-0.2, -0.15) is 0 Å². The normalized spacial score (nSPS) is 12.0. The third-order valence-electron chi connectivity index (χ3n) is 4.84. The first-order valence-corrected chi connectivity index (χ1v) is 10.6. The van der Waals surface area contributed by atoms with Gasteiger partial charge in [0.2, 0.25) is 5.91 Å². The SMILES string of the molecule is C=CCn1c(SCC(=O)Nc2ccc([C@H](C)CC)cc2)nnc1-c1ccoc1C. The number of thioether (sulfide) groups is 1. The van der Waals surface area contributed by atoms with Gasteiger partial charge in [-0.25, -0.2) is 0 Å². The molecule has 0 aliphatic carbocycles. The zero-order chi connectivity index (χ0) is 20.8. The summed E-state index contributed by atoms with van der Waals surface area (Å²) in [5.74, 6) is 2.16. The summed E-state index contributed by atoms with van der Waals surface area (Å²) in [7, 11) is 0. The van der Waals surface area contributed by atoms with Crippen molar-refractivity contribution in [3.05, 3.63) is 60.6 Å². The van der Waals surface area contributed by atoms with Crippen LogP contribution in [0.4, 0.5) is 5.69 Å². The maximum atomic E-state index is 12.4. The van der Waals surface area contributed by atoms with E-state index in [1.807, 2.05) is 29.7 Å². The first-order valence-electron chi connectivity index (χ1n) is 9.64. The zero-order valence-corrected chi connectivity index (χ0v) is 17.8. The molecule has 0 aliphatic heterocycles. The van der Waals surface area contributed by atoms with Crippen molar-refractivity contribution in [3.8, 4) is 11.4 Å². The van der Waals surface area contributed by atoms with Gasteiger partial charge in [-0.05, 0) is 43.0 Å². The van der Waals surface area contributed by atoms with E-state index < -0.39 is 0 Å². The van der Waals surface area contributed by atoms with Crippen LogP contribution >= 0.6 is 11.8 Å². The third kappa shape index (κ3) is 4.98. The standard InChI is InChI=1S/C22H26N4O2S/c1-5-12-26-21(19-11-13-28-16(19)4)24-25-22(26)29-14-20(27)23-18-9-7-17(8-10-18)15(3)6-2/h5,7-11,13,15H,1,6,12,14H2,2-4H3,(H,23,27)/t15-/m1/s1. The number of rotatable bonds is 9. The maximum absolute atomic E-state index is 12.4. The van der Waals surface area contributed by atoms with Crippen LogP contribution < -0.4 is 5.32 Å². The minimum Gasteiger partial charge on any atom is -0.469 e. The van der Waals surface area contributed by atoms with Crippen LogP contribution in [0.5, 0.6) is 0 Å². The van der Waals surface area contributed by atoms with E-state index in [9.17, 15) is 4.79 Å². The maximum Gasteiger partial charge on any atom is 0.234 e. The van der Waals surface area contributed by atoms with Crippen molar-refractivity contribution in [2.45, 2.75) is 44.8 Å². The number of carbonyl (C=O) groups is 1. The van der Waals surface area contributed by atoms with Crippen molar-refractivity contribution < 1.29 is 9.21 Å². The Morgan fingerprint density at radius 3 is 2.69 bits per heavy atom. The smallest absolute Gasteiger partial charge is 0.234 e. The van der Waals surface area contributed by atoms with Gasteiger partial charge in [-0.3, -0.25) is 9.36 Å². The van der Waals surface area contributed by atoms with Crippen LogP contribution in [0.3, 0.4) is 0 Å². The second-order valence-electron chi connectivity index (χ2n) is 6.86. The van der Waals surface area contributed by atoms with Crippen molar-refractivity contribution in [1.82, 2.24) is 14.8 Å². The average molecular weight is 411 g/mol. The Morgan fingerprint density at radius 1 is 1.31 bits per heavy atom. The highest BCUT2D eigenvalue weighted by Gasteiger charge is 2.17. The molecule has 0 aliphatic rings. The van der Waals surface area contributed by atoms with E-state index in [1.165, 1.54) is 17.3 Å². The number of nitrogens with one attached hydrogen (secondary N) is 1. The molecule has 0 fully saturated rings. The van der Waals surface area contributed by atoms with Gasteiger partial charge in [0, 0.05) is 12.2 Å². The summed E-state index contributed by atoms with van der Waals surface area (Å²) in [5.41, 5.74) is 2.96. The van der Waals surface area contributed by atoms with Crippen LogP contribution in [0.15, 0.2) is 58.8 Å². The Labute approximate surface area is 175 Å². The average Bonchev–Trinajstić information content (AvgIpc) is 3.32. The number of benzene rings is 1. The van der Waals surface area contributed by atoms with Crippen molar-refractivity contribution in [2.75, 3.05) is 11.1 Å². The molecule has 2 heterocycles. The number of furan rings is 1. The molecule has 0 radical (unpaired) electrons. The van der Waals surface area contributed by atoms with Crippen LogP contribution in [0.25, 0.3) is 11.4 Å². The summed E-state index contributed by atoms with van der Waals surface area (Å²) in [4.78, 5) is 12.4. The molecular weight excluding hydrogens is 384 g/mol. The third-order valence-corrected chi connectivity index (χ3v) is 5.80. The van der Waals surface area contributed by atoms with Crippen molar-refractivity contribution >= 4 is 23.4 Å². The summed E-state index contributed by atoms with van der Waals surface area (Å²) in [6, 6.07) is 9.89. The minimum absolute atomic E-state index is 0.0829. The van der Waals surface area contributed by atoms with E-state index in [1.54, 1.807) is 12.3 Å². The molecule has 0 saturated heterocycles. The number of allylic oxidation sites excluding steroid dienone is 1. The molecule has 3 aromatic rings. The Morgan fingerprint density at radius 2 is 2.07 bits per heavy atom. The van der Waals surface area contributed by atoms with Crippen molar-refractivity contribution in [1.29, 1.82) is 0 Å². The highest BCUT2D eigenvalue weighted by atomic mass is 32.2. The summed E-state index contributed by atoms with van der Waals surface area (Å²) in [5, 5.41) is 12.2. The molecule has 152 valence electrons. The lowest BCUT2D eigenvalue weighted by molar-refractivity contribution is -0.113. The van der Waals surface area contributed by atoms with Crippen molar-refractivity contribution in [3.63, 3.8) is 0 Å². The Bertz CT molecular complexity index is 975. The van der Waals surface area contributed by atoms with Crippen LogP contribution in [0.1, 0.15) is 37.5 Å². The van der Waals surface area contributed by atoms with Gasteiger partial charge in [-0.1, -0.05) is 43.8 Å². The number of anilines is 1. The van der Waals surface area contributed by atoms with E-state index in [0.717, 1.165) is 23.4 Å². The largest absolute Gasteiger partial charge is 0.469 e. The molecule has 1 amide bonds. The van der Waals surface area contributed by atoms with Crippen molar-refractivity contribution in [2.24, 2.45) is 0 Å². The molecule has 1 aromatic carbocycles. The number of hydrogen-bond acceptors (Lipinski definition) is 5. The second-order valence-corrected chi connectivity index (χ2v) is 7.81. The molecule has 0 unspecified atom stereocenters. The van der Waals surface area contributed by atoms with Crippen LogP contribution in [0, 0.1) is 6.92 Å². The van der Waals surface area contributed by atoms with Gasteiger partial charge in [-0.15, -0.1) is 16.8 Å². The monoisotopic (exact) mass is 410 g/mol. The van der Waals surface area contributed by atoms with Gasteiger partial charge in [0.25, 0.3) is 0 Å². The fourth-order valence-corrected chi connectivity index (χ4v) is 3.71. The van der Waals surface area contributed by atoms with Gasteiger partial charge in [0.1, 0.15) is 5.76 Å². The lowest BCUT2D eigenvalue weighted by Crippen LogP contribution is -2.14. The van der Waals surface area contributed by atoms with E-state index in [2.05, 4.69) is 48.1 Å². The Balaban J connectivity index is 1.65. The van der Waals surface area contributed by atoms with E-state index in [0.29, 0.717) is 23.4 Å². The zero-order valence-electron chi connectivity index (χ0n) is 17.0. The van der Waals surface area contributed by atoms with Crippen LogP contribution in [-0.4, -0.2) is 26.4 Å². The first-order chi connectivity index (χ1) is 14.0. The Hall–Kier alpha value is -2.80. The topological polar surface area (TPSA) is 73.0 Å². The molecule has 29 heavy (non-hydrogen) atoms. The number of carbonyl (C=O) groups excluding carboxylic acids is 1. The molecule has 0 saturated carbocycles. The molecule has 2 aromatic heterocycles. The summed E-state index contributed by atoms with van der Waals surface area (Å²) < 4.78 is 7.31. The highest BCUT2D eigenvalue weighted by Crippen LogP contribution is 2.27. The fraction of sp³-hybridized carbons (Fsp3) is 0.318. The molecule has 1 atom stereocenters. The summed E-state index contributed by atoms with van der Waals surface area (Å²) in [6.45, 7) is 10.6. The number of aromatic nitrogens is 3. The molecule has 0 bridgehead atoms. The predicted octanol–water partition coefficient (Wildman–Crippen LogP) is 5.28. The molecule has 1 N–H and O–H groups in total. The molecule has 3 rings (SSSR count). The van der Waals surface area contributed by atoms with Gasteiger partial charge < -0.3 is 9.73 Å². The molecule has 7 heteroatoms. The lowest BCUT2D eigenvalue weighted by Gasteiger charge is -2.10. The predicted molar refractivity (Wildman–Crippen MR) is 117 cm³/mol.